The summed E-state index contributed by atoms with van der Waals surface area (Å²) in [5.74, 6) is 1.89. The number of benzene rings is 7. The maximum Gasteiger partial charge on any atom is 0.164 e. The Labute approximate surface area is 334 Å². The first-order chi connectivity index (χ1) is 28.1. The van der Waals surface area contributed by atoms with Crippen LogP contribution in [0.5, 0.6) is 0 Å². The van der Waals surface area contributed by atoms with Crippen LogP contribution in [0.4, 0.5) is 5.69 Å². The van der Waals surface area contributed by atoms with Gasteiger partial charge in [0.1, 0.15) is 11.2 Å². The Morgan fingerprint density at radius 2 is 1.18 bits per heavy atom. The Balaban J connectivity index is 1.02. The maximum atomic E-state index is 9.48. The van der Waals surface area contributed by atoms with Crippen LogP contribution in [0.3, 0.4) is 0 Å². The van der Waals surface area contributed by atoms with E-state index in [0.29, 0.717) is 23.2 Å². The summed E-state index contributed by atoms with van der Waals surface area (Å²) in [6, 6.07) is 55.3. The molecule has 0 aliphatic rings. The minimum atomic E-state index is 0.432. The quantitative estimate of drug-likeness (QED) is 0.164. The number of hydrogen-bond donors (Lipinski definition) is 1. The van der Waals surface area contributed by atoms with Crippen molar-refractivity contribution in [3.63, 3.8) is 0 Å². The first kappa shape index (κ1) is 33.2. The largest absolute Gasteiger partial charge is 0.456 e. The molecule has 7 aromatic carbocycles. The highest BCUT2D eigenvalue weighted by Crippen LogP contribution is 2.42. The number of hydrogen-bond acceptors (Lipinski definition) is 8. The van der Waals surface area contributed by atoms with Crippen LogP contribution in [0, 0.1) is 5.41 Å². The van der Waals surface area contributed by atoms with Gasteiger partial charge in [0.15, 0.2) is 17.5 Å². The second-order valence-corrected chi connectivity index (χ2v) is 15.9. The van der Waals surface area contributed by atoms with E-state index >= 15 is 0 Å². The molecule has 1 N–H and O–H groups in total. The number of thiophene rings is 2. The van der Waals surface area contributed by atoms with E-state index in [1.165, 1.54) is 4.70 Å². The molecule has 0 aliphatic carbocycles. The smallest absolute Gasteiger partial charge is 0.164 e. The minimum absolute atomic E-state index is 0.432. The molecule has 0 unspecified atom stereocenters. The van der Waals surface area contributed by atoms with E-state index < -0.39 is 0 Å². The summed E-state index contributed by atoms with van der Waals surface area (Å²) >= 11 is 3.35. The maximum absolute atomic E-state index is 9.48. The van der Waals surface area contributed by atoms with Gasteiger partial charge in [-0.1, -0.05) is 115 Å². The summed E-state index contributed by atoms with van der Waals surface area (Å²) in [6.07, 6.45) is 1.92. The topological polar surface area (TPSA) is 88.0 Å². The minimum Gasteiger partial charge on any atom is -0.456 e. The Bertz CT molecular complexity index is 3320. The van der Waals surface area contributed by atoms with Gasteiger partial charge in [-0.25, -0.2) is 15.0 Å². The lowest BCUT2D eigenvalue weighted by atomic mass is 10.0. The fourth-order valence-corrected chi connectivity index (χ4v) is 9.75. The third-order valence-corrected chi connectivity index (χ3v) is 12.6. The van der Waals surface area contributed by atoms with Crippen molar-refractivity contribution in [2.75, 3.05) is 0 Å². The summed E-state index contributed by atoms with van der Waals surface area (Å²) in [5, 5.41) is 14.8. The third kappa shape index (κ3) is 5.82. The van der Waals surface area contributed by atoms with Crippen molar-refractivity contribution in [2.24, 2.45) is 4.99 Å². The van der Waals surface area contributed by atoms with Gasteiger partial charge in [-0.2, -0.15) is 0 Å². The molecule has 0 atom stereocenters. The van der Waals surface area contributed by atoms with Crippen molar-refractivity contribution in [1.29, 1.82) is 5.41 Å². The lowest BCUT2D eigenvalue weighted by Gasteiger charge is -2.09. The van der Waals surface area contributed by atoms with E-state index in [-0.39, 0.29) is 0 Å². The predicted octanol–water partition coefficient (Wildman–Crippen LogP) is 13.5. The standard InChI is InChI=1S/C49H29N5OS2/c50-44(32-23-24-39-36(27-32)33-16-7-9-19-38(33)55-39)46-45(34-17-8-10-20-40(34)57-46)51-28-29-22-25-41-37(26-29)43-35(18-11-21-42(43)56-41)49-53-47(30-12-3-1-4-13-30)52-48(54-49)31-14-5-2-6-15-31/h1-28,50H. The molecule has 0 saturated carbocycles. The average Bonchev–Trinajstić information content (AvgIpc) is 3.96. The normalized spacial score (nSPS) is 11.9. The van der Waals surface area contributed by atoms with Crippen molar-refractivity contribution >= 4 is 92.5 Å². The molecular formula is C49H29N5OS2. The summed E-state index contributed by atoms with van der Waals surface area (Å²) in [6.45, 7) is 0. The number of furan rings is 1. The van der Waals surface area contributed by atoms with Gasteiger partial charge in [0.05, 0.1) is 16.3 Å². The van der Waals surface area contributed by atoms with Crippen LogP contribution in [0.15, 0.2) is 173 Å². The number of nitrogens with zero attached hydrogens (tertiary/aromatic N) is 4. The van der Waals surface area contributed by atoms with E-state index in [1.807, 2.05) is 109 Å². The third-order valence-electron chi connectivity index (χ3n) is 10.3. The summed E-state index contributed by atoms with van der Waals surface area (Å²) < 4.78 is 9.49. The molecule has 4 heterocycles. The number of aliphatic imine (C=N–C) groups is 1. The molecule has 0 bridgehead atoms. The lowest BCUT2D eigenvalue weighted by molar-refractivity contribution is 0.669. The van der Waals surface area contributed by atoms with Crippen molar-refractivity contribution in [3.8, 4) is 34.2 Å². The van der Waals surface area contributed by atoms with Crippen LogP contribution < -0.4 is 0 Å². The van der Waals surface area contributed by atoms with Gasteiger partial charge >= 0.3 is 0 Å². The van der Waals surface area contributed by atoms with Crippen LogP contribution in [0.1, 0.15) is 16.0 Å². The first-order valence-corrected chi connectivity index (χ1v) is 20.2. The van der Waals surface area contributed by atoms with Gasteiger partial charge in [0.2, 0.25) is 0 Å². The Morgan fingerprint density at radius 1 is 0.526 bits per heavy atom. The van der Waals surface area contributed by atoms with Gasteiger partial charge in [-0.3, -0.25) is 10.4 Å². The molecule has 0 aliphatic heterocycles. The molecule has 8 heteroatoms. The van der Waals surface area contributed by atoms with E-state index in [4.69, 9.17) is 24.4 Å². The van der Waals surface area contributed by atoms with Crippen LogP contribution in [-0.4, -0.2) is 26.9 Å². The van der Waals surface area contributed by atoms with Gasteiger partial charge < -0.3 is 4.42 Å². The zero-order valence-corrected chi connectivity index (χ0v) is 31.8. The second-order valence-electron chi connectivity index (χ2n) is 13.8. The summed E-state index contributed by atoms with van der Waals surface area (Å²) in [4.78, 5) is 21.0. The molecule has 11 rings (SSSR count). The fraction of sp³-hybridized carbons (Fsp3) is 0. The first-order valence-electron chi connectivity index (χ1n) is 18.5. The molecule has 0 radical (unpaired) electrons. The molecule has 11 aromatic rings. The number of fused-ring (bicyclic) bond motifs is 7. The zero-order valence-electron chi connectivity index (χ0n) is 30.2. The van der Waals surface area contributed by atoms with Gasteiger partial charge in [0, 0.05) is 69.5 Å². The van der Waals surface area contributed by atoms with Crippen LogP contribution >= 0.6 is 22.7 Å². The van der Waals surface area contributed by atoms with Crippen molar-refractivity contribution in [2.45, 2.75) is 0 Å². The molecule has 0 fully saturated rings. The SMILES string of the molecule is N=C(c1ccc2oc3ccccc3c2c1)c1sc2ccccc2c1N=Cc1ccc2sc3cccc(-c4nc(-c5ccccc5)nc(-c5ccccc5)n4)c3c2c1. The second kappa shape index (κ2) is 13.6. The van der Waals surface area contributed by atoms with Crippen molar-refractivity contribution in [1.82, 2.24) is 15.0 Å². The number of aromatic nitrogens is 3. The van der Waals surface area contributed by atoms with Crippen LogP contribution in [0.25, 0.3) is 86.4 Å². The monoisotopic (exact) mass is 767 g/mol. The highest BCUT2D eigenvalue weighted by molar-refractivity contribution is 7.26. The summed E-state index contributed by atoms with van der Waals surface area (Å²) in [7, 11) is 0. The van der Waals surface area contributed by atoms with Crippen molar-refractivity contribution < 1.29 is 4.42 Å². The molecule has 6 nitrogen and oxygen atoms in total. The highest BCUT2D eigenvalue weighted by atomic mass is 32.1. The van der Waals surface area contributed by atoms with Gasteiger partial charge in [-0.15, -0.1) is 22.7 Å². The lowest BCUT2D eigenvalue weighted by Crippen LogP contribution is -2.00. The Kier molecular flexibility index (Phi) is 7.91. The van der Waals surface area contributed by atoms with Gasteiger partial charge in [-0.05, 0) is 54.1 Å². The molecule has 0 amide bonds. The van der Waals surface area contributed by atoms with Crippen LogP contribution in [0.2, 0.25) is 0 Å². The molecule has 4 aromatic heterocycles. The van der Waals surface area contributed by atoms with E-state index in [1.54, 1.807) is 22.7 Å². The number of nitrogens with one attached hydrogen (secondary N) is 1. The molecule has 57 heavy (non-hydrogen) atoms. The molecular weight excluding hydrogens is 739 g/mol. The van der Waals surface area contributed by atoms with Crippen molar-refractivity contribution in [3.05, 3.63) is 180 Å². The zero-order chi connectivity index (χ0) is 37.9. The predicted molar refractivity (Wildman–Crippen MR) is 238 cm³/mol. The molecule has 0 saturated heterocycles. The highest BCUT2D eigenvalue weighted by Gasteiger charge is 2.20. The molecule has 0 spiro atoms. The number of para-hydroxylation sites is 1. The van der Waals surface area contributed by atoms with E-state index in [9.17, 15) is 5.41 Å². The van der Waals surface area contributed by atoms with E-state index in [0.717, 1.165) is 85.9 Å². The summed E-state index contributed by atoms with van der Waals surface area (Å²) in [5.41, 5.74) is 7.47. The van der Waals surface area contributed by atoms with Crippen LogP contribution in [-0.2, 0) is 0 Å². The Hall–Kier alpha value is -7.13. The Morgan fingerprint density at radius 3 is 1.96 bits per heavy atom. The van der Waals surface area contributed by atoms with Gasteiger partial charge in [0.25, 0.3) is 0 Å². The molecule has 268 valence electrons. The fourth-order valence-electron chi connectivity index (χ4n) is 7.52. The van der Waals surface area contributed by atoms with E-state index in [2.05, 4.69) is 60.7 Å². The average molecular weight is 768 g/mol. The number of rotatable bonds is 7.